The van der Waals surface area contributed by atoms with Crippen LogP contribution in [0.25, 0.3) is 0 Å². The van der Waals surface area contributed by atoms with E-state index < -0.39 is 6.10 Å². The lowest BCUT2D eigenvalue weighted by Gasteiger charge is -2.14. The summed E-state index contributed by atoms with van der Waals surface area (Å²) in [6.45, 7) is 1.32. The molecular formula is C17H22N2O. The summed E-state index contributed by atoms with van der Waals surface area (Å²) in [7, 11) is 4.06. The molecule has 0 aromatic heterocycles. The van der Waals surface area contributed by atoms with Crippen LogP contribution in [0.1, 0.15) is 17.2 Å². The molecule has 0 unspecified atom stereocenters. The van der Waals surface area contributed by atoms with Gasteiger partial charge in [-0.3, -0.25) is 0 Å². The standard InChI is InChI=1S/C17H22N2O/c1-19(2)16-10-8-14(9-11-16)12-18-13-17(20)15-6-4-3-5-7-15/h3-11,17-18,20H,12-13H2,1-2H3/t17-/m1/s1. The number of aliphatic hydroxyl groups is 1. The number of nitrogens with one attached hydrogen (secondary N) is 1. The van der Waals surface area contributed by atoms with Gasteiger partial charge in [-0.2, -0.15) is 0 Å². The first-order chi connectivity index (χ1) is 9.66. The average Bonchev–Trinajstić information content (AvgIpc) is 2.48. The monoisotopic (exact) mass is 270 g/mol. The SMILES string of the molecule is CN(C)c1ccc(CNC[C@@H](O)c2ccccc2)cc1. The molecule has 0 amide bonds. The normalized spacial score (nSPS) is 12.2. The van der Waals surface area contributed by atoms with E-state index in [1.54, 1.807) is 0 Å². The third-order valence-corrected chi connectivity index (χ3v) is 3.30. The fourth-order valence-corrected chi connectivity index (χ4v) is 2.06. The van der Waals surface area contributed by atoms with Crippen molar-refractivity contribution in [3.8, 4) is 0 Å². The van der Waals surface area contributed by atoms with E-state index in [1.807, 2.05) is 44.4 Å². The lowest BCUT2D eigenvalue weighted by atomic mass is 10.1. The maximum atomic E-state index is 10.0. The van der Waals surface area contributed by atoms with Crippen molar-refractivity contribution >= 4 is 5.69 Å². The highest BCUT2D eigenvalue weighted by molar-refractivity contribution is 5.45. The smallest absolute Gasteiger partial charge is 0.0914 e. The van der Waals surface area contributed by atoms with Gasteiger partial charge in [0.2, 0.25) is 0 Å². The molecule has 2 N–H and O–H groups in total. The number of anilines is 1. The van der Waals surface area contributed by atoms with Gasteiger partial charge in [-0.1, -0.05) is 42.5 Å². The predicted octanol–water partition coefficient (Wildman–Crippen LogP) is 2.58. The molecule has 0 heterocycles. The minimum Gasteiger partial charge on any atom is -0.387 e. The Morgan fingerprint density at radius 2 is 1.65 bits per heavy atom. The van der Waals surface area contributed by atoms with Gasteiger partial charge in [-0.25, -0.2) is 0 Å². The van der Waals surface area contributed by atoms with Crippen LogP contribution in [0.5, 0.6) is 0 Å². The van der Waals surface area contributed by atoms with Crippen LogP contribution >= 0.6 is 0 Å². The van der Waals surface area contributed by atoms with Crippen molar-refractivity contribution in [2.45, 2.75) is 12.6 Å². The molecule has 0 spiro atoms. The second kappa shape index (κ2) is 7.08. The van der Waals surface area contributed by atoms with E-state index in [1.165, 1.54) is 11.3 Å². The molecule has 1 atom stereocenters. The highest BCUT2D eigenvalue weighted by atomic mass is 16.3. The highest BCUT2D eigenvalue weighted by Gasteiger charge is 2.05. The Hall–Kier alpha value is -1.84. The number of rotatable bonds is 6. The number of benzene rings is 2. The molecule has 106 valence electrons. The zero-order valence-electron chi connectivity index (χ0n) is 12.1. The van der Waals surface area contributed by atoms with Crippen LogP contribution in [0.4, 0.5) is 5.69 Å². The first-order valence-electron chi connectivity index (χ1n) is 6.87. The van der Waals surface area contributed by atoms with Gasteiger partial charge in [0, 0.05) is 32.9 Å². The van der Waals surface area contributed by atoms with Gasteiger partial charge in [0.1, 0.15) is 0 Å². The number of hydrogen-bond donors (Lipinski definition) is 2. The zero-order valence-corrected chi connectivity index (χ0v) is 12.1. The molecule has 0 saturated heterocycles. The van der Waals surface area contributed by atoms with Crippen molar-refractivity contribution in [2.24, 2.45) is 0 Å². The van der Waals surface area contributed by atoms with Gasteiger partial charge in [-0.05, 0) is 23.3 Å². The van der Waals surface area contributed by atoms with Crippen LogP contribution in [0.2, 0.25) is 0 Å². The molecule has 0 aliphatic carbocycles. The molecule has 20 heavy (non-hydrogen) atoms. The van der Waals surface area contributed by atoms with Crippen LogP contribution in [-0.2, 0) is 6.54 Å². The molecular weight excluding hydrogens is 248 g/mol. The van der Waals surface area contributed by atoms with Crippen LogP contribution in [0.3, 0.4) is 0 Å². The summed E-state index contributed by atoms with van der Waals surface area (Å²) in [5.41, 5.74) is 3.36. The molecule has 0 saturated carbocycles. The summed E-state index contributed by atoms with van der Waals surface area (Å²) < 4.78 is 0. The van der Waals surface area contributed by atoms with Crippen molar-refractivity contribution in [1.82, 2.24) is 5.32 Å². The Balaban J connectivity index is 1.81. The van der Waals surface area contributed by atoms with Crippen LogP contribution < -0.4 is 10.2 Å². The van der Waals surface area contributed by atoms with E-state index in [9.17, 15) is 5.11 Å². The van der Waals surface area contributed by atoms with Gasteiger partial charge in [0.05, 0.1) is 6.10 Å². The van der Waals surface area contributed by atoms with Crippen molar-refractivity contribution in [3.63, 3.8) is 0 Å². The molecule has 3 heteroatoms. The lowest BCUT2D eigenvalue weighted by molar-refractivity contribution is 0.174. The van der Waals surface area contributed by atoms with Crippen molar-refractivity contribution in [3.05, 3.63) is 65.7 Å². The Kier molecular flexibility index (Phi) is 5.16. The summed E-state index contributed by atoms with van der Waals surface area (Å²) in [6.07, 6.45) is -0.461. The second-order valence-corrected chi connectivity index (χ2v) is 5.12. The van der Waals surface area contributed by atoms with E-state index in [4.69, 9.17) is 0 Å². The van der Waals surface area contributed by atoms with E-state index in [-0.39, 0.29) is 0 Å². The third kappa shape index (κ3) is 4.08. The van der Waals surface area contributed by atoms with Gasteiger partial charge in [-0.15, -0.1) is 0 Å². The molecule has 0 radical (unpaired) electrons. The molecule has 0 aliphatic rings. The highest BCUT2D eigenvalue weighted by Crippen LogP contribution is 2.13. The van der Waals surface area contributed by atoms with Crippen molar-refractivity contribution in [1.29, 1.82) is 0 Å². The first-order valence-corrected chi connectivity index (χ1v) is 6.87. The summed E-state index contributed by atoms with van der Waals surface area (Å²) >= 11 is 0. The topological polar surface area (TPSA) is 35.5 Å². The molecule has 2 aromatic rings. The average molecular weight is 270 g/mol. The van der Waals surface area contributed by atoms with E-state index >= 15 is 0 Å². The Morgan fingerprint density at radius 1 is 1.00 bits per heavy atom. The molecule has 3 nitrogen and oxygen atoms in total. The van der Waals surface area contributed by atoms with Crippen LogP contribution in [0.15, 0.2) is 54.6 Å². The van der Waals surface area contributed by atoms with Gasteiger partial charge in [0.25, 0.3) is 0 Å². The molecule has 2 aromatic carbocycles. The quantitative estimate of drug-likeness (QED) is 0.847. The maximum Gasteiger partial charge on any atom is 0.0914 e. The number of aliphatic hydroxyl groups excluding tert-OH is 1. The van der Waals surface area contributed by atoms with E-state index in [0.29, 0.717) is 6.54 Å². The Morgan fingerprint density at radius 3 is 2.25 bits per heavy atom. The fourth-order valence-electron chi connectivity index (χ4n) is 2.06. The third-order valence-electron chi connectivity index (χ3n) is 3.30. The molecule has 2 rings (SSSR count). The van der Waals surface area contributed by atoms with Crippen LogP contribution in [0, 0.1) is 0 Å². The van der Waals surface area contributed by atoms with Gasteiger partial charge < -0.3 is 15.3 Å². The predicted molar refractivity (Wildman–Crippen MR) is 83.9 cm³/mol. The summed E-state index contributed by atoms with van der Waals surface area (Å²) in [5.74, 6) is 0. The second-order valence-electron chi connectivity index (χ2n) is 5.12. The molecule has 0 bridgehead atoms. The minimum atomic E-state index is -0.461. The summed E-state index contributed by atoms with van der Waals surface area (Å²) in [4.78, 5) is 2.08. The van der Waals surface area contributed by atoms with Crippen LogP contribution in [-0.4, -0.2) is 25.7 Å². The van der Waals surface area contributed by atoms with Gasteiger partial charge >= 0.3 is 0 Å². The number of nitrogens with zero attached hydrogens (tertiary/aromatic N) is 1. The minimum absolute atomic E-state index is 0.461. The van der Waals surface area contributed by atoms with Crippen molar-refractivity contribution < 1.29 is 5.11 Å². The summed E-state index contributed by atoms with van der Waals surface area (Å²) in [6, 6.07) is 18.1. The van der Waals surface area contributed by atoms with E-state index in [0.717, 1.165) is 12.1 Å². The molecule has 0 aliphatic heterocycles. The zero-order chi connectivity index (χ0) is 14.4. The van der Waals surface area contributed by atoms with Crippen molar-refractivity contribution in [2.75, 3.05) is 25.5 Å². The van der Waals surface area contributed by atoms with E-state index in [2.05, 4.69) is 34.5 Å². The number of hydrogen-bond acceptors (Lipinski definition) is 3. The lowest BCUT2D eigenvalue weighted by Crippen LogP contribution is -2.21. The summed E-state index contributed by atoms with van der Waals surface area (Å²) in [5, 5.41) is 13.3. The first kappa shape index (κ1) is 14.6. The largest absolute Gasteiger partial charge is 0.387 e. The molecule has 0 fully saturated rings. The Bertz CT molecular complexity index is 508. The maximum absolute atomic E-state index is 10.0. The van der Waals surface area contributed by atoms with Gasteiger partial charge in [0.15, 0.2) is 0 Å². The Labute approximate surface area is 120 Å². The fraction of sp³-hybridized carbons (Fsp3) is 0.294.